The average molecular weight is 532 g/mol. The Balaban J connectivity index is 0.00000432. The SMILES string of the molecule is CCN(C)S(=O)(=O)Nc1ccc(F)c(-c2cc3cnc(NCCCNC)nc3n(C)c2=O)c1F.Cl. The second-order valence-corrected chi connectivity index (χ2v) is 9.36. The Kier molecular flexibility index (Phi) is 9.49. The number of benzene rings is 1. The van der Waals surface area contributed by atoms with Gasteiger partial charge in [0.1, 0.15) is 11.5 Å². The molecule has 3 rings (SSSR count). The molecule has 0 aliphatic rings. The van der Waals surface area contributed by atoms with Crippen LogP contribution in [-0.4, -0.2) is 61.0 Å². The first-order valence-corrected chi connectivity index (χ1v) is 12.0. The normalized spacial score (nSPS) is 11.5. The first-order valence-electron chi connectivity index (χ1n) is 10.6. The number of halogens is 3. The molecule has 2 heterocycles. The van der Waals surface area contributed by atoms with Gasteiger partial charge in [0.2, 0.25) is 5.95 Å². The average Bonchev–Trinajstić information content (AvgIpc) is 2.81. The van der Waals surface area contributed by atoms with Crippen LogP contribution in [0.15, 0.2) is 29.2 Å². The van der Waals surface area contributed by atoms with E-state index in [9.17, 15) is 17.6 Å². The molecule has 2 aromatic heterocycles. The van der Waals surface area contributed by atoms with E-state index in [2.05, 4.69) is 25.3 Å². The number of pyridine rings is 1. The molecule has 0 atom stereocenters. The minimum Gasteiger partial charge on any atom is -0.354 e. The third-order valence-corrected chi connectivity index (χ3v) is 6.85. The molecule has 0 bridgehead atoms. The quantitative estimate of drug-likeness (QED) is 0.343. The summed E-state index contributed by atoms with van der Waals surface area (Å²) in [6.07, 6.45) is 2.28. The van der Waals surface area contributed by atoms with Crippen molar-refractivity contribution in [1.29, 1.82) is 0 Å². The summed E-state index contributed by atoms with van der Waals surface area (Å²) >= 11 is 0. The van der Waals surface area contributed by atoms with Gasteiger partial charge < -0.3 is 10.6 Å². The van der Waals surface area contributed by atoms with E-state index in [1.54, 1.807) is 6.92 Å². The first-order chi connectivity index (χ1) is 16.1. The molecule has 1 aromatic carbocycles. The molecule has 0 fully saturated rings. The third-order valence-electron chi connectivity index (χ3n) is 5.29. The molecule has 3 aromatic rings. The highest BCUT2D eigenvalue weighted by molar-refractivity contribution is 7.90. The zero-order valence-electron chi connectivity index (χ0n) is 19.7. The number of rotatable bonds is 10. The summed E-state index contributed by atoms with van der Waals surface area (Å²) in [5.74, 6) is -1.89. The van der Waals surface area contributed by atoms with Gasteiger partial charge in [-0.05, 0) is 38.2 Å². The van der Waals surface area contributed by atoms with Crippen LogP contribution >= 0.6 is 12.4 Å². The van der Waals surface area contributed by atoms with Crippen molar-refractivity contribution in [3.8, 4) is 11.1 Å². The van der Waals surface area contributed by atoms with Gasteiger partial charge in [0.25, 0.3) is 5.56 Å². The summed E-state index contributed by atoms with van der Waals surface area (Å²) in [7, 11) is 0.535. The zero-order valence-corrected chi connectivity index (χ0v) is 21.4. The lowest BCUT2D eigenvalue weighted by Gasteiger charge is -2.18. The van der Waals surface area contributed by atoms with E-state index in [4.69, 9.17) is 0 Å². The maximum absolute atomic E-state index is 15.3. The molecule has 0 saturated heterocycles. The number of nitrogens with one attached hydrogen (secondary N) is 3. The van der Waals surface area contributed by atoms with Crippen molar-refractivity contribution in [2.24, 2.45) is 7.05 Å². The zero-order chi connectivity index (χ0) is 25.0. The van der Waals surface area contributed by atoms with Crippen LogP contribution in [0.4, 0.5) is 20.4 Å². The largest absolute Gasteiger partial charge is 0.354 e. The molecule has 0 saturated carbocycles. The highest BCUT2D eigenvalue weighted by Gasteiger charge is 2.24. The molecule has 0 radical (unpaired) electrons. The van der Waals surface area contributed by atoms with Crippen molar-refractivity contribution in [2.75, 3.05) is 43.8 Å². The van der Waals surface area contributed by atoms with E-state index in [0.29, 0.717) is 17.9 Å². The highest BCUT2D eigenvalue weighted by Crippen LogP contribution is 2.31. The number of fused-ring (bicyclic) bond motifs is 1. The van der Waals surface area contributed by atoms with Crippen LogP contribution in [-0.2, 0) is 17.3 Å². The smallest absolute Gasteiger partial charge is 0.301 e. The van der Waals surface area contributed by atoms with Crippen LogP contribution < -0.4 is 20.9 Å². The van der Waals surface area contributed by atoms with Crippen molar-refractivity contribution >= 4 is 45.3 Å². The lowest BCUT2D eigenvalue weighted by molar-refractivity contribution is 0.491. The van der Waals surface area contributed by atoms with Crippen LogP contribution in [0.5, 0.6) is 0 Å². The van der Waals surface area contributed by atoms with Crippen LogP contribution in [0.1, 0.15) is 13.3 Å². The lowest BCUT2D eigenvalue weighted by Crippen LogP contribution is -2.32. The fraction of sp³-hybridized carbons (Fsp3) is 0.381. The summed E-state index contributed by atoms with van der Waals surface area (Å²) in [4.78, 5) is 21.6. The molecular formula is C21H28ClF2N7O3S. The lowest BCUT2D eigenvalue weighted by atomic mass is 10.0. The predicted molar refractivity (Wildman–Crippen MR) is 135 cm³/mol. The minimum atomic E-state index is -4.06. The predicted octanol–water partition coefficient (Wildman–Crippen LogP) is 2.33. The fourth-order valence-electron chi connectivity index (χ4n) is 3.24. The van der Waals surface area contributed by atoms with Gasteiger partial charge >= 0.3 is 10.2 Å². The summed E-state index contributed by atoms with van der Waals surface area (Å²) in [5, 5.41) is 6.47. The van der Waals surface area contributed by atoms with E-state index in [1.165, 1.54) is 30.9 Å². The molecule has 14 heteroatoms. The van der Waals surface area contributed by atoms with Gasteiger partial charge in [0.05, 0.1) is 16.8 Å². The van der Waals surface area contributed by atoms with Gasteiger partial charge in [0.15, 0.2) is 5.82 Å². The van der Waals surface area contributed by atoms with E-state index >= 15 is 4.39 Å². The summed E-state index contributed by atoms with van der Waals surface area (Å²) in [5.41, 5.74) is -1.82. The topological polar surface area (TPSA) is 121 Å². The Morgan fingerprint density at radius 1 is 1.20 bits per heavy atom. The van der Waals surface area contributed by atoms with Gasteiger partial charge in [-0.2, -0.15) is 17.7 Å². The number of aromatic nitrogens is 3. The number of hydrogen-bond donors (Lipinski definition) is 3. The van der Waals surface area contributed by atoms with Gasteiger partial charge in [-0.15, -0.1) is 12.4 Å². The molecule has 35 heavy (non-hydrogen) atoms. The van der Waals surface area contributed by atoms with E-state index in [0.717, 1.165) is 29.4 Å². The molecule has 0 spiro atoms. The number of hydrogen-bond acceptors (Lipinski definition) is 7. The van der Waals surface area contributed by atoms with Crippen molar-refractivity contribution in [1.82, 2.24) is 24.2 Å². The summed E-state index contributed by atoms with van der Waals surface area (Å²) in [6.45, 7) is 3.17. The number of anilines is 2. The number of aryl methyl sites for hydroxylation is 1. The Labute approximate surface area is 208 Å². The van der Waals surface area contributed by atoms with E-state index in [-0.39, 0.29) is 30.2 Å². The second kappa shape index (κ2) is 11.7. The van der Waals surface area contributed by atoms with Gasteiger partial charge in [-0.25, -0.2) is 13.8 Å². The highest BCUT2D eigenvalue weighted by atomic mass is 35.5. The van der Waals surface area contributed by atoms with Crippen molar-refractivity contribution in [3.63, 3.8) is 0 Å². The van der Waals surface area contributed by atoms with Gasteiger partial charge in [-0.1, -0.05) is 6.92 Å². The van der Waals surface area contributed by atoms with Crippen LogP contribution in [0.2, 0.25) is 0 Å². The van der Waals surface area contributed by atoms with Crippen molar-refractivity contribution < 1.29 is 17.2 Å². The third kappa shape index (κ3) is 6.04. The summed E-state index contributed by atoms with van der Waals surface area (Å²) in [6, 6.07) is 3.16. The first kappa shape index (κ1) is 28.4. The van der Waals surface area contributed by atoms with Crippen LogP contribution in [0.3, 0.4) is 0 Å². The standard InChI is InChI=1S/C21H27F2N7O3S.ClH/c1-5-29(3)34(32,33)28-16-8-7-15(22)17(18(16)23)14-11-13-12-26-21(25-10-6-9-24-2)27-19(13)30(4)20(14)31;/h7-8,11-12,24,28H,5-6,9-10H2,1-4H3,(H,25,26,27);1H. The molecule has 0 aliphatic carbocycles. The molecule has 192 valence electrons. The maximum Gasteiger partial charge on any atom is 0.301 e. The Bertz CT molecular complexity index is 1370. The Morgan fingerprint density at radius 3 is 2.57 bits per heavy atom. The van der Waals surface area contributed by atoms with Crippen LogP contribution in [0.25, 0.3) is 22.2 Å². The monoisotopic (exact) mass is 531 g/mol. The molecule has 0 aliphatic heterocycles. The van der Waals surface area contributed by atoms with Crippen LogP contribution in [0, 0.1) is 11.6 Å². The number of nitrogens with zero attached hydrogens (tertiary/aromatic N) is 4. The molecule has 3 N–H and O–H groups in total. The molecule has 10 nitrogen and oxygen atoms in total. The van der Waals surface area contributed by atoms with Gasteiger partial charge in [-0.3, -0.25) is 14.1 Å². The maximum atomic E-state index is 15.3. The van der Waals surface area contributed by atoms with Crippen molar-refractivity contribution in [2.45, 2.75) is 13.3 Å². The van der Waals surface area contributed by atoms with E-state index in [1.807, 2.05) is 7.05 Å². The fourth-order valence-corrected chi connectivity index (χ4v) is 4.17. The summed E-state index contributed by atoms with van der Waals surface area (Å²) < 4.78 is 58.9. The minimum absolute atomic E-state index is 0. The molecule has 0 amide bonds. The van der Waals surface area contributed by atoms with Gasteiger partial charge in [0, 0.05) is 38.8 Å². The Morgan fingerprint density at radius 2 is 1.91 bits per heavy atom. The second-order valence-electron chi connectivity index (χ2n) is 7.58. The van der Waals surface area contributed by atoms with Crippen molar-refractivity contribution in [3.05, 3.63) is 46.4 Å². The molecular weight excluding hydrogens is 504 g/mol. The van der Waals surface area contributed by atoms with E-state index < -0.39 is 38.7 Å². The Hall–Kier alpha value is -2.87. The molecule has 0 unspecified atom stereocenters.